The number of carbonyl (C=O) groups excluding carboxylic acids is 2. The van der Waals surface area contributed by atoms with Gasteiger partial charge in [0.25, 0.3) is 5.91 Å². The van der Waals surface area contributed by atoms with Gasteiger partial charge in [0.15, 0.2) is 0 Å². The lowest BCUT2D eigenvalue weighted by Gasteiger charge is -2.37. The third-order valence-corrected chi connectivity index (χ3v) is 3.61. The molecule has 0 atom stereocenters. The van der Waals surface area contributed by atoms with Crippen molar-refractivity contribution in [3.63, 3.8) is 0 Å². The number of benzene rings is 1. The van der Waals surface area contributed by atoms with E-state index in [1.807, 2.05) is 45.0 Å². The first kappa shape index (κ1) is 12.8. The average Bonchev–Trinajstić information content (AvgIpc) is 2.32. The van der Waals surface area contributed by atoms with Crippen LogP contribution in [0.15, 0.2) is 24.3 Å². The maximum absolute atomic E-state index is 12.4. The number of Topliss-reactive ketones (excluding diaryl/α,β-unsaturated/α-hetero) is 1. The fraction of sp³-hybridized carbons (Fsp3) is 0.467. The first-order valence-electron chi connectivity index (χ1n) is 6.30. The third-order valence-electron chi connectivity index (χ3n) is 3.61. The van der Waals surface area contributed by atoms with Gasteiger partial charge in [-0.05, 0) is 18.6 Å². The molecule has 1 heterocycles. The maximum atomic E-state index is 12.4. The van der Waals surface area contributed by atoms with E-state index in [1.165, 1.54) is 0 Å². The molecule has 0 radical (unpaired) electrons. The van der Waals surface area contributed by atoms with E-state index in [2.05, 4.69) is 0 Å². The van der Waals surface area contributed by atoms with E-state index in [0.29, 0.717) is 19.5 Å². The standard InChI is InChI=1S/C15H19NO2/c1-11-6-4-5-7-12(11)14(18)16-9-8-13(17)15(2,3)10-16/h4-7H,8-10H2,1-3H3. The minimum Gasteiger partial charge on any atom is -0.337 e. The Bertz CT molecular complexity index is 491. The lowest BCUT2D eigenvalue weighted by atomic mass is 9.82. The predicted octanol–water partition coefficient (Wildman–Crippen LogP) is 2.44. The molecule has 0 spiro atoms. The summed E-state index contributed by atoms with van der Waals surface area (Å²) >= 11 is 0. The quantitative estimate of drug-likeness (QED) is 0.762. The van der Waals surface area contributed by atoms with Crippen molar-refractivity contribution < 1.29 is 9.59 Å². The lowest BCUT2D eigenvalue weighted by molar-refractivity contribution is -0.130. The second-order valence-corrected chi connectivity index (χ2v) is 5.60. The topological polar surface area (TPSA) is 37.4 Å². The van der Waals surface area contributed by atoms with Gasteiger partial charge < -0.3 is 4.90 Å². The van der Waals surface area contributed by atoms with Crippen LogP contribution < -0.4 is 0 Å². The van der Waals surface area contributed by atoms with Gasteiger partial charge in [-0.1, -0.05) is 32.0 Å². The van der Waals surface area contributed by atoms with Gasteiger partial charge in [-0.25, -0.2) is 0 Å². The van der Waals surface area contributed by atoms with Crippen molar-refractivity contribution in [3.8, 4) is 0 Å². The van der Waals surface area contributed by atoms with E-state index in [1.54, 1.807) is 4.90 Å². The number of amides is 1. The molecule has 1 aliphatic heterocycles. The van der Waals surface area contributed by atoms with E-state index in [0.717, 1.165) is 11.1 Å². The molecule has 96 valence electrons. The van der Waals surface area contributed by atoms with E-state index >= 15 is 0 Å². The fourth-order valence-electron chi connectivity index (χ4n) is 2.38. The number of ketones is 1. The zero-order valence-electron chi connectivity index (χ0n) is 11.2. The Balaban J connectivity index is 2.21. The van der Waals surface area contributed by atoms with Gasteiger partial charge in [-0.15, -0.1) is 0 Å². The van der Waals surface area contributed by atoms with Crippen LogP contribution in [0, 0.1) is 12.3 Å². The van der Waals surface area contributed by atoms with Gasteiger partial charge in [0.05, 0.1) is 0 Å². The summed E-state index contributed by atoms with van der Waals surface area (Å²) in [6.07, 6.45) is 0.463. The average molecular weight is 245 g/mol. The number of hydrogen-bond donors (Lipinski definition) is 0. The molecular weight excluding hydrogens is 226 g/mol. The Morgan fingerprint density at radius 1 is 1.28 bits per heavy atom. The van der Waals surface area contributed by atoms with Gasteiger partial charge >= 0.3 is 0 Å². The highest BCUT2D eigenvalue weighted by atomic mass is 16.2. The Labute approximate surface area is 108 Å². The second-order valence-electron chi connectivity index (χ2n) is 5.60. The minimum absolute atomic E-state index is 0.0358. The number of piperidine rings is 1. The van der Waals surface area contributed by atoms with Crippen LogP contribution in [0.1, 0.15) is 36.2 Å². The maximum Gasteiger partial charge on any atom is 0.254 e. The SMILES string of the molecule is Cc1ccccc1C(=O)N1CCC(=O)C(C)(C)C1. The van der Waals surface area contributed by atoms with Gasteiger partial charge in [0.1, 0.15) is 5.78 Å². The molecule has 1 aliphatic rings. The molecule has 18 heavy (non-hydrogen) atoms. The number of nitrogens with zero attached hydrogens (tertiary/aromatic N) is 1. The first-order valence-corrected chi connectivity index (χ1v) is 6.30. The van der Waals surface area contributed by atoms with Crippen molar-refractivity contribution in [2.24, 2.45) is 5.41 Å². The van der Waals surface area contributed by atoms with Crippen LogP contribution >= 0.6 is 0 Å². The van der Waals surface area contributed by atoms with Crippen LogP contribution in [0.25, 0.3) is 0 Å². The highest BCUT2D eigenvalue weighted by Crippen LogP contribution is 2.26. The molecule has 1 fully saturated rings. The molecule has 3 nitrogen and oxygen atoms in total. The molecule has 0 aliphatic carbocycles. The molecule has 0 N–H and O–H groups in total. The normalized spacial score (nSPS) is 18.8. The Morgan fingerprint density at radius 2 is 1.94 bits per heavy atom. The van der Waals surface area contributed by atoms with E-state index in [9.17, 15) is 9.59 Å². The molecule has 0 bridgehead atoms. The molecule has 0 saturated carbocycles. The number of rotatable bonds is 1. The van der Waals surface area contributed by atoms with Crippen molar-refractivity contribution in [1.82, 2.24) is 4.90 Å². The molecular formula is C15H19NO2. The number of aryl methyl sites for hydroxylation is 1. The van der Waals surface area contributed by atoms with Gasteiger partial charge in [0.2, 0.25) is 0 Å². The molecule has 1 saturated heterocycles. The van der Waals surface area contributed by atoms with Gasteiger partial charge in [-0.2, -0.15) is 0 Å². The Hall–Kier alpha value is -1.64. The van der Waals surface area contributed by atoms with Gasteiger partial charge in [0, 0.05) is 30.5 Å². The van der Waals surface area contributed by atoms with Crippen LogP contribution in [-0.2, 0) is 4.79 Å². The Morgan fingerprint density at radius 3 is 2.56 bits per heavy atom. The van der Waals surface area contributed by atoms with Gasteiger partial charge in [-0.3, -0.25) is 9.59 Å². The lowest BCUT2D eigenvalue weighted by Crippen LogP contribution is -2.48. The van der Waals surface area contributed by atoms with Crippen LogP contribution in [0.3, 0.4) is 0 Å². The molecule has 1 aromatic carbocycles. The molecule has 2 rings (SSSR count). The zero-order chi connectivity index (χ0) is 13.3. The summed E-state index contributed by atoms with van der Waals surface area (Å²) < 4.78 is 0. The summed E-state index contributed by atoms with van der Waals surface area (Å²) in [6, 6.07) is 7.59. The molecule has 0 unspecified atom stereocenters. The molecule has 3 heteroatoms. The summed E-state index contributed by atoms with van der Waals surface area (Å²) in [5, 5.41) is 0. The van der Waals surface area contributed by atoms with Crippen molar-refractivity contribution in [1.29, 1.82) is 0 Å². The summed E-state index contributed by atoms with van der Waals surface area (Å²) in [5.41, 5.74) is 1.30. The number of likely N-dealkylation sites (tertiary alicyclic amines) is 1. The zero-order valence-corrected chi connectivity index (χ0v) is 11.2. The van der Waals surface area contributed by atoms with Crippen LogP contribution in [0.5, 0.6) is 0 Å². The molecule has 0 aromatic heterocycles. The molecule has 1 aromatic rings. The van der Waals surface area contributed by atoms with Crippen LogP contribution in [0.2, 0.25) is 0 Å². The van der Waals surface area contributed by atoms with Crippen molar-refractivity contribution in [2.45, 2.75) is 27.2 Å². The fourth-order valence-corrected chi connectivity index (χ4v) is 2.38. The smallest absolute Gasteiger partial charge is 0.254 e. The highest BCUT2D eigenvalue weighted by molar-refractivity contribution is 5.97. The summed E-state index contributed by atoms with van der Waals surface area (Å²) in [7, 11) is 0. The monoisotopic (exact) mass is 245 g/mol. The highest BCUT2D eigenvalue weighted by Gasteiger charge is 2.36. The van der Waals surface area contributed by atoms with E-state index in [-0.39, 0.29) is 11.7 Å². The van der Waals surface area contributed by atoms with E-state index in [4.69, 9.17) is 0 Å². The summed E-state index contributed by atoms with van der Waals surface area (Å²) in [6.45, 7) is 6.81. The predicted molar refractivity (Wildman–Crippen MR) is 70.5 cm³/mol. The third kappa shape index (κ3) is 2.30. The summed E-state index contributed by atoms with van der Waals surface area (Å²) in [4.78, 5) is 26.0. The first-order chi connectivity index (χ1) is 8.42. The minimum atomic E-state index is -0.420. The summed E-state index contributed by atoms with van der Waals surface area (Å²) in [5.74, 6) is 0.282. The molecule has 1 amide bonds. The van der Waals surface area contributed by atoms with Crippen molar-refractivity contribution in [3.05, 3.63) is 35.4 Å². The van der Waals surface area contributed by atoms with Crippen molar-refractivity contribution >= 4 is 11.7 Å². The Kier molecular flexibility index (Phi) is 3.24. The largest absolute Gasteiger partial charge is 0.337 e. The van der Waals surface area contributed by atoms with Crippen LogP contribution in [0.4, 0.5) is 0 Å². The van der Waals surface area contributed by atoms with Crippen LogP contribution in [-0.4, -0.2) is 29.7 Å². The second kappa shape index (κ2) is 4.56. The van der Waals surface area contributed by atoms with E-state index < -0.39 is 5.41 Å². The van der Waals surface area contributed by atoms with Crippen molar-refractivity contribution in [2.75, 3.05) is 13.1 Å². The number of hydrogen-bond acceptors (Lipinski definition) is 2. The number of carbonyl (C=O) groups is 2.